The van der Waals surface area contributed by atoms with E-state index in [9.17, 15) is 0 Å². The van der Waals surface area contributed by atoms with Crippen LogP contribution in [0, 0.1) is 0 Å². The van der Waals surface area contributed by atoms with Crippen molar-refractivity contribution >= 4 is 11.0 Å². The predicted octanol–water partition coefficient (Wildman–Crippen LogP) is 4.19. The quantitative estimate of drug-likeness (QED) is 0.463. The molecule has 5 rings (SSSR count). The number of rotatable bonds is 1. The van der Waals surface area contributed by atoms with Gasteiger partial charge in [-0.15, -0.1) is 0 Å². The highest BCUT2D eigenvalue weighted by Crippen LogP contribution is 2.42. The third-order valence-corrected chi connectivity index (χ3v) is 3.90. The van der Waals surface area contributed by atoms with Crippen LogP contribution in [0.4, 0.5) is 0 Å². The summed E-state index contributed by atoms with van der Waals surface area (Å²) in [6, 6.07) is 17.9. The highest BCUT2D eigenvalue weighted by Gasteiger charge is 2.24. The Balaban J connectivity index is 1.95. The maximum absolute atomic E-state index is 6.03. The molecule has 1 aliphatic heterocycles. The summed E-state index contributed by atoms with van der Waals surface area (Å²) >= 11 is 0. The minimum absolute atomic E-state index is 0.837. The van der Waals surface area contributed by atoms with E-state index in [0.717, 1.165) is 39.6 Å². The third kappa shape index (κ3) is 1.46. The van der Waals surface area contributed by atoms with Crippen molar-refractivity contribution in [3.63, 3.8) is 0 Å². The number of aromatic nitrogens is 3. The summed E-state index contributed by atoms with van der Waals surface area (Å²) in [5, 5.41) is 0. The molecular weight excluding hydrogens is 274 g/mol. The number of para-hydroxylation sites is 3. The second-order valence-corrected chi connectivity index (χ2v) is 5.20. The molecule has 2 aromatic heterocycles. The van der Waals surface area contributed by atoms with Crippen molar-refractivity contribution in [2.75, 3.05) is 0 Å². The summed E-state index contributed by atoms with van der Waals surface area (Å²) < 4.78 is 8.19. The van der Waals surface area contributed by atoms with Crippen LogP contribution in [0.3, 0.4) is 0 Å². The Morgan fingerprint density at radius 2 is 1.64 bits per heavy atom. The topological polar surface area (TPSA) is 39.9 Å². The van der Waals surface area contributed by atoms with E-state index in [1.807, 2.05) is 48.5 Å². The van der Waals surface area contributed by atoms with Gasteiger partial charge in [-0.3, -0.25) is 9.55 Å². The fourth-order valence-electron chi connectivity index (χ4n) is 2.95. The van der Waals surface area contributed by atoms with Gasteiger partial charge in [-0.25, -0.2) is 4.98 Å². The molecule has 3 heterocycles. The molecule has 4 aromatic rings. The zero-order valence-electron chi connectivity index (χ0n) is 11.6. The Morgan fingerprint density at radius 3 is 2.55 bits per heavy atom. The van der Waals surface area contributed by atoms with Crippen LogP contribution in [-0.2, 0) is 0 Å². The van der Waals surface area contributed by atoms with Crippen LogP contribution >= 0.6 is 0 Å². The second kappa shape index (κ2) is 4.18. The van der Waals surface area contributed by atoms with Crippen LogP contribution in [0.25, 0.3) is 28.1 Å². The summed E-state index contributed by atoms with van der Waals surface area (Å²) in [6.07, 6.45) is 3.57. The first-order chi connectivity index (χ1) is 10.9. The van der Waals surface area contributed by atoms with Crippen LogP contribution in [0.1, 0.15) is 0 Å². The van der Waals surface area contributed by atoms with Crippen molar-refractivity contribution in [3.05, 3.63) is 67.0 Å². The van der Waals surface area contributed by atoms with Gasteiger partial charge in [-0.05, 0) is 36.4 Å². The molecule has 4 heteroatoms. The SMILES string of the molecule is c1ccc2c(c1)Oc1cccc3nc(-c4ccncc4)n-2c13. The Morgan fingerprint density at radius 1 is 0.818 bits per heavy atom. The van der Waals surface area contributed by atoms with Gasteiger partial charge in [0, 0.05) is 18.0 Å². The normalized spacial score (nSPS) is 12.0. The minimum Gasteiger partial charge on any atom is -0.453 e. The lowest BCUT2D eigenvalue weighted by Gasteiger charge is -2.20. The fraction of sp³-hybridized carbons (Fsp3) is 0. The van der Waals surface area contributed by atoms with Crippen molar-refractivity contribution in [1.82, 2.24) is 14.5 Å². The summed E-state index contributed by atoms with van der Waals surface area (Å²) in [7, 11) is 0. The highest BCUT2D eigenvalue weighted by molar-refractivity contribution is 5.90. The summed E-state index contributed by atoms with van der Waals surface area (Å²) in [4.78, 5) is 8.90. The van der Waals surface area contributed by atoms with E-state index in [1.54, 1.807) is 12.4 Å². The molecule has 0 saturated carbocycles. The van der Waals surface area contributed by atoms with Crippen molar-refractivity contribution in [2.45, 2.75) is 0 Å². The number of ether oxygens (including phenoxy) is 1. The number of hydrogen-bond acceptors (Lipinski definition) is 3. The highest BCUT2D eigenvalue weighted by atomic mass is 16.5. The molecule has 2 aromatic carbocycles. The molecule has 0 fully saturated rings. The Hall–Kier alpha value is -3.14. The van der Waals surface area contributed by atoms with Gasteiger partial charge in [0.05, 0.1) is 11.2 Å². The van der Waals surface area contributed by atoms with E-state index in [4.69, 9.17) is 9.72 Å². The summed E-state index contributed by atoms with van der Waals surface area (Å²) in [5.74, 6) is 2.58. The van der Waals surface area contributed by atoms with E-state index < -0.39 is 0 Å². The molecule has 0 bridgehead atoms. The molecule has 0 unspecified atom stereocenters. The van der Waals surface area contributed by atoms with Gasteiger partial charge in [0.25, 0.3) is 0 Å². The third-order valence-electron chi connectivity index (χ3n) is 3.90. The zero-order valence-corrected chi connectivity index (χ0v) is 11.6. The summed E-state index contributed by atoms with van der Waals surface area (Å²) in [5.41, 5.74) is 3.98. The number of pyridine rings is 1. The Labute approximate surface area is 126 Å². The largest absolute Gasteiger partial charge is 0.453 e. The fourth-order valence-corrected chi connectivity index (χ4v) is 2.95. The molecule has 0 saturated heterocycles. The average molecular weight is 285 g/mol. The summed E-state index contributed by atoms with van der Waals surface area (Å²) in [6.45, 7) is 0. The van der Waals surface area contributed by atoms with Gasteiger partial charge in [0.1, 0.15) is 11.3 Å². The molecule has 0 atom stereocenters. The molecule has 0 amide bonds. The molecule has 0 N–H and O–H groups in total. The van der Waals surface area contributed by atoms with Crippen molar-refractivity contribution in [2.24, 2.45) is 0 Å². The lowest BCUT2D eigenvalue weighted by Crippen LogP contribution is -2.05. The van der Waals surface area contributed by atoms with Crippen LogP contribution in [-0.4, -0.2) is 14.5 Å². The number of imidazole rings is 1. The second-order valence-electron chi connectivity index (χ2n) is 5.20. The molecule has 4 nitrogen and oxygen atoms in total. The lowest BCUT2D eigenvalue weighted by atomic mass is 10.2. The molecule has 0 radical (unpaired) electrons. The average Bonchev–Trinajstić information content (AvgIpc) is 2.97. The molecule has 1 aliphatic rings. The maximum atomic E-state index is 6.03. The van der Waals surface area contributed by atoms with Crippen LogP contribution < -0.4 is 4.74 Å². The number of nitrogens with zero attached hydrogens (tertiary/aromatic N) is 3. The maximum Gasteiger partial charge on any atom is 0.153 e. The Kier molecular flexibility index (Phi) is 2.19. The van der Waals surface area contributed by atoms with E-state index in [0.29, 0.717) is 0 Å². The van der Waals surface area contributed by atoms with Gasteiger partial charge in [-0.2, -0.15) is 0 Å². The van der Waals surface area contributed by atoms with Crippen molar-refractivity contribution in [3.8, 4) is 28.6 Å². The first-order valence-electron chi connectivity index (χ1n) is 7.11. The molecule has 104 valence electrons. The van der Waals surface area contributed by atoms with Crippen LogP contribution in [0.15, 0.2) is 67.0 Å². The van der Waals surface area contributed by atoms with E-state index >= 15 is 0 Å². The van der Waals surface area contributed by atoms with Gasteiger partial charge in [0.15, 0.2) is 11.5 Å². The van der Waals surface area contributed by atoms with E-state index in [2.05, 4.69) is 15.6 Å². The molecular formula is C18H11N3O. The minimum atomic E-state index is 0.837. The van der Waals surface area contributed by atoms with Gasteiger partial charge >= 0.3 is 0 Å². The molecule has 22 heavy (non-hydrogen) atoms. The van der Waals surface area contributed by atoms with Crippen LogP contribution in [0.2, 0.25) is 0 Å². The number of fused-ring (bicyclic) bond motifs is 2. The van der Waals surface area contributed by atoms with E-state index in [-0.39, 0.29) is 0 Å². The number of hydrogen-bond donors (Lipinski definition) is 0. The van der Waals surface area contributed by atoms with Gasteiger partial charge < -0.3 is 4.74 Å². The van der Waals surface area contributed by atoms with E-state index in [1.165, 1.54) is 0 Å². The smallest absolute Gasteiger partial charge is 0.153 e. The van der Waals surface area contributed by atoms with Crippen LogP contribution in [0.5, 0.6) is 11.5 Å². The van der Waals surface area contributed by atoms with Crippen molar-refractivity contribution < 1.29 is 4.74 Å². The monoisotopic (exact) mass is 285 g/mol. The zero-order chi connectivity index (χ0) is 14.5. The molecule has 0 aliphatic carbocycles. The van der Waals surface area contributed by atoms with Gasteiger partial charge in [-0.1, -0.05) is 18.2 Å². The first-order valence-corrected chi connectivity index (χ1v) is 7.11. The number of benzene rings is 2. The predicted molar refractivity (Wildman–Crippen MR) is 84.4 cm³/mol. The molecule has 0 spiro atoms. The standard InChI is InChI=1S/C18H11N3O/c1-2-6-15-14(5-1)21-17-13(4-3-7-16(17)22-15)20-18(21)12-8-10-19-11-9-12/h1-11H. The first kappa shape index (κ1) is 11.5. The van der Waals surface area contributed by atoms with Crippen molar-refractivity contribution in [1.29, 1.82) is 0 Å². The lowest BCUT2D eigenvalue weighted by molar-refractivity contribution is 0.476. The Bertz CT molecular complexity index is 1010. The van der Waals surface area contributed by atoms with Gasteiger partial charge in [0.2, 0.25) is 0 Å².